The fraction of sp³-hybridized carbons (Fsp3) is 0.211. The Morgan fingerprint density at radius 3 is 2.96 bits per heavy atom. The van der Waals surface area contributed by atoms with Crippen molar-refractivity contribution >= 4 is 34.4 Å². The van der Waals surface area contributed by atoms with Crippen molar-refractivity contribution in [3.63, 3.8) is 0 Å². The molecule has 4 rings (SSSR count). The van der Waals surface area contributed by atoms with Gasteiger partial charge in [0.15, 0.2) is 6.10 Å². The first kappa shape index (κ1) is 17.7. The van der Waals surface area contributed by atoms with Gasteiger partial charge in [-0.2, -0.15) is 0 Å². The number of fused-ring (bicyclic) bond motifs is 1. The SMILES string of the molecule is Cc1ccncc1-c1cc2cc(NC(=O)OC3CCNC3=O)ncc2c(N)n1. The van der Waals surface area contributed by atoms with Crippen LogP contribution in [0.3, 0.4) is 0 Å². The van der Waals surface area contributed by atoms with Gasteiger partial charge in [0, 0.05) is 42.5 Å². The molecule has 2 amide bonds. The van der Waals surface area contributed by atoms with Crippen molar-refractivity contribution in [2.45, 2.75) is 19.4 Å². The van der Waals surface area contributed by atoms with Crippen molar-refractivity contribution in [1.82, 2.24) is 20.3 Å². The van der Waals surface area contributed by atoms with Gasteiger partial charge in [0.05, 0.1) is 5.69 Å². The maximum atomic E-state index is 12.1. The average Bonchev–Trinajstić information content (AvgIpc) is 3.06. The quantitative estimate of drug-likeness (QED) is 0.635. The second kappa shape index (κ2) is 7.10. The first-order valence-electron chi connectivity index (χ1n) is 8.74. The number of carbonyl (C=O) groups excluding carboxylic acids is 2. The highest BCUT2D eigenvalue weighted by Crippen LogP contribution is 2.28. The summed E-state index contributed by atoms with van der Waals surface area (Å²) in [6.45, 7) is 2.46. The summed E-state index contributed by atoms with van der Waals surface area (Å²) in [5, 5.41) is 6.58. The molecule has 1 atom stereocenters. The van der Waals surface area contributed by atoms with Crippen LogP contribution in [-0.2, 0) is 9.53 Å². The van der Waals surface area contributed by atoms with Crippen molar-refractivity contribution in [1.29, 1.82) is 0 Å². The van der Waals surface area contributed by atoms with Gasteiger partial charge in [-0.3, -0.25) is 15.1 Å². The summed E-state index contributed by atoms with van der Waals surface area (Å²) < 4.78 is 5.12. The van der Waals surface area contributed by atoms with E-state index in [1.807, 2.05) is 19.1 Å². The van der Waals surface area contributed by atoms with Crippen LogP contribution in [0.2, 0.25) is 0 Å². The van der Waals surface area contributed by atoms with Crippen molar-refractivity contribution in [3.8, 4) is 11.3 Å². The van der Waals surface area contributed by atoms with Crippen LogP contribution >= 0.6 is 0 Å². The number of carbonyl (C=O) groups is 2. The Hall–Kier alpha value is -3.75. The molecule has 142 valence electrons. The normalized spacial score (nSPS) is 16.0. The molecule has 9 nitrogen and oxygen atoms in total. The van der Waals surface area contributed by atoms with E-state index in [4.69, 9.17) is 10.5 Å². The van der Waals surface area contributed by atoms with Crippen LogP contribution in [-0.4, -0.2) is 39.6 Å². The van der Waals surface area contributed by atoms with Gasteiger partial charge in [0.1, 0.15) is 11.6 Å². The number of hydrogen-bond donors (Lipinski definition) is 3. The largest absolute Gasteiger partial charge is 0.436 e. The number of amides is 2. The van der Waals surface area contributed by atoms with E-state index in [1.54, 1.807) is 18.5 Å². The smallest absolute Gasteiger partial charge is 0.413 e. The van der Waals surface area contributed by atoms with Crippen LogP contribution in [0.25, 0.3) is 22.0 Å². The Kier molecular flexibility index (Phi) is 4.48. The molecule has 1 aliphatic heterocycles. The third-order valence-electron chi connectivity index (χ3n) is 4.54. The molecule has 0 bridgehead atoms. The van der Waals surface area contributed by atoms with Crippen molar-refractivity contribution in [3.05, 3.63) is 42.4 Å². The summed E-state index contributed by atoms with van der Waals surface area (Å²) in [5.41, 5.74) is 8.66. The van der Waals surface area contributed by atoms with E-state index < -0.39 is 12.2 Å². The summed E-state index contributed by atoms with van der Waals surface area (Å²) in [6, 6.07) is 5.43. The van der Waals surface area contributed by atoms with Gasteiger partial charge in [-0.15, -0.1) is 0 Å². The molecule has 28 heavy (non-hydrogen) atoms. The molecule has 0 spiro atoms. The number of nitrogen functional groups attached to an aromatic ring is 1. The Bertz CT molecular complexity index is 1080. The number of aryl methyl sites for hydroxylation is 1. The monoisotopic (exact) mass is 378 g/mol. The highest BCUT2D eigenvalue weighted by Gasteiger charge is 2.27. The summed E-state index contributed by atoms with van der Waals surface area (Å²) in [6.07, 6.45) is 3.92. The van der Waals surface area contributed by atoms with Crippen LogP contribution < -0.4 is 16.4 Å². The molecule has 0 aromatic carbocycles. The number of rotatable bonds is 3. The third kappa shape index (κ3) is 3.41. The zero-order valence-electron chi connectivity index (χ0n) is 15.1. The van der Waals surface area contributed by atoms with E-state index >= 15 is 0 Å². The zero-order chi connectivity index (χ0) is 19.7. The Balaban J connectivity index is 1.61. The van der Waals surface area contributed by atoms with Gasteiger partial charge >= 0.3 is 6.09 Å². The number of nitrogens with one attached hydrogen (secondary N) is 2. The maximum Gasteiger partial charge on any atom is 0.413 e. The molecule has 0 radical (unpaired) electrons. The first-order valence-corrected chi connectivity index (χ1v) is 8.74. The van der Waals surface area contributed by atoms with Gasteiger partial charge < -0.3 is 15.8 Å². The predicted molar refractivity (Wildman–Crippen MR) is 103 cm³/mol. The van der Waals surface area contributed by atoms with E-state index in [0.29, 0.717) is 29.9 Å². The van der Waals surface area contributed by atoms with Crippen molar-refractivity contribution in [2.24, 2.45) is 0 Å². The van der Waals surface area contributed by atoms with Crippen molar-refractivity contribution in [2.75, 3.05) is 17.6 Å². The number of ether oxygens (including phenoxy) is 1. The standard InChI is InChI=1S/C19H18N6O3/c1-10-2-4-21-8-12(10)14-6-11-7-16(23-9-13(11)17(20)24-14)25-19(27)28-15-3-5-22-18(15)26/h2,4,6-9,15H,3,5H2,1H3,(H2,20,24)(H,22,26)(H,23,25,27). The van der Waals surface area contributed by atoms with Gasteiger partial charge in [-0.05, 0) is 36.1 Å². The second-order valence-corrected chi connectivity index (χ2v) is 6.47. The lowest BCUT2D eigenvalue weighted by molar-refractivity contribution is -0.126. The number of anilines is 2. The number of nitrogens with zero attached hydrogens (tertiary/aromatic N) is 3. The molecular formula is C19H18N6O3. The summed E-state index contributed by atoms with van der Waals surface area (Å²) in [5.74, 6) is 0.326. The highest BCUT2D eigenvalue weighted by molar-refractivity contribution is 5.96. The molecule has 3 aromatic rings. The number of hydrogen-bond acceptors (Lipinski definition) is 7. The Morgan fingerprint density at radius 1 is 1.36 bits per heavy atom. The van der Waals surface area contributed by atoms with E-state index in [9.17, 15) is 9.59 Å². The lowest BCUT2D eigenvalue weighted by Gasteiger charge is -2.11. The highest BCUT2D eigenvalue weighted by atomic mass is 16.6. The van der Waals surface area contributed by atoms with E-state index in [-0.39, 0.29) is 11.7 Å². The van der Waals surface area contributed by atoms with Gasteiger partial charge in [0.2, 0.25) is 0 Å². The van der Waals surface area contributed by atoms with E-state index in [1.165, 1.54) is 6.20 Å². The van der Waals surface area contributed by atoms with Gasteiger partial charge in [-0.1, -0.05) is 0 Å². The lowest BCUT2D eigenvalue weighted by Crippen LogP contribution is -2.29. The van der Waals surface area contributed by atoms with Crippen LogP contribution in [0.15, 0.2) is 36.8 Å². The van der Waals surface area contributed by atoms with E-state index in [0.717, 1.165) is 16.5 Å². The molecule has 4 N–H and O–H groups in total. The molecule has 9 heteroatoms. The number of aromatic nitrogens is 3. The lowest BCUT2D eigenvalue weighted by atomic mass is 10.1. The minimum absolute atomic E-state index is 0.287. The van der Waals surface area contributed by atoms with Crippen molar-refractivity contribution < 1.29 is 14.3 Å². The second-order valence-electron chi connectivity index (χ2n) is 6.47. The Labute approximate surface area is 160 Å². The molecular weight excluding hydrogens is 360 g/mol. The topological polar surface area (TPSA) is 132 Å². The third-order valence-corrected chi connectivity index (χ3v) is 4.54. The molecule has 1 saturated heterocycles. The fourth-order valence-corrected chi connectivity index (χ4v) is 3.06. The number of nitrogens with two attached hydrogens (primary N) is 1. The zero-order valence-corrected chi connectivity index (χ0v) is 15.1. The molecule has 3 aromatic heterocycles. The van der Waals surface area contributed by atoms with E-state index in [2.05, 4.69) is 25.6 Å². The summed E-state index contributed by atoms with van der Waals surface area (Å²) in [4.78, 5) is 36.3. The number of pyridine rings is 3. The molecule has 0 aliphatic carbocycles. The fourth-order valence-electron chi connectivity index (χ4n) is 3.06. The van der Waals surface area contributed by atoms with Gasteiger partial charge in [-0.25, -0.2) is 14.8 Å². The minimum Gasteiger partial charge on any atom is -0.436 e. The average molecular weight is 378 g/mol. The first-order chi connectivity index (χ1) is 13.5. The molecule has 1 fully saturated rings. The molecule has 4 heterocycles. The minimum atomic E-state index is -0.777. The summed E-state index contributed by atoms with van der Waals surface area (Å²) in [7, 11) is 0. The summed E-state index contributed by atoms with van der Waals surface area (Å²) >= 11 is 0. The van der Waals surface area contributed by atoms with Gasteiger partial charge in [0.25, 0.3) is 5.91 Å². The maximum absolute atomic E-state index is 12.1. The Morgan fingerprint density at radius 2 is 2.21 bits per heavy atom. The predicted octanol–water partition coefficient (Wildman–Crippen LogP) is 2.02. The molecule has 1 unspecified atom stereocenters. The van der Waals surface area contributed by atoms with Crippen LogP contribution in [0.4, 0.5) is 16.4 Å². The van der Waals surface area contributed by atoms with Crippen LogP contribution in [0.1, 0.15) is 12.0 Å². The molecule has 1 aliphatic rings. The van der Waals surface area contributed by atoms with Crippen LogP contribution in [0, 0.1) is 6.92 Å². The molecule has 0 saturated carbocycles. The van der Waals surface area contributed by atoms with Crippen LogP contribution in [0.5, 0.6) is 0 Å².